The molecule has 112 valence electrons. The van der Waals surface area contributed by atoms with E-state index < -0.39 is 6.10 Å². The molecule has 1 amide bonds. The van der Waals surface area contributed by atoms with E-state index in [-0.39, 0.29) is 5.91 Å². The zero-order valence-electron chi connectivity index (χ0n) is 12.0. The first-order valence-corrected chi connectivity index (χ1v) is 8.53. The molecule has 0 radical (unpaired) electrons. The fourth-order valence-electron chi connectivity index (χ4n) is 3.13. The number of carbonyl (C=O) groups excluding carboxylic acids is 1. The summed E-state index contributed by atoms with van der Waals surface area (Å²) in [6, 6.07) is 8.04. The molecule has 0 bridgehead atoms. The maximum atomic E-state index is 11.9. The van der Waals surface area contributed by atoms with Crippen molar-refractivity contribution in [3.63, 3.8) is 0 Å². The Kier molecular flexibility index (Phi) is 4.56. The van der Waals surface area contributed by atoms with Crippen LogP contribution in [-0.4, -0.2) is 17.6 Å². The maximum Gasteiger partial charge on any atom is 0.220 e. The summed E-state index contributed by atoms with van der Waals surface area (Å²) >= 11 is 1.63. The molecular formula is C17H21NO2S. The van der Waals surface area contributed by atoms with Crippen LogP contribution in [0.2, 0.25) is 0 Å². The van der Waals surface area contributed by atoms with Crippen LogP contribution < -0.4 is 5.32 Å². The second-order valence-electron chi connectivity index (χ2n) is 5.86. The van der Waals surface area contributed by atoms with Gasteiger partial charge < -0.3 is 10.4 Å². The molecule has 1 heterocycles. The number of fused-ring (bicyclic) bond motifs is 1. The Balaban J connectivity index is 1.56. The van der Waals surface area contributed by atoms with Gasteiger partial charge in [-0.1, -0.05) is 31.0 Å². The monoisotopic (exact) mass is 303 g/mol. The van der Waals surface area contributed by atoms with E-state index in [1.807, 2.05) is 23.6 Å². The van der Waals surface area contributed by atoms with Gasteiger partial charge in [0.15, 0.2) is 0 Å². The molecule has 4 heteroatoms. The predicted molar refractivity (Wildman–Crippen MR) is 86.4 cm³/mol. The van der Waals surface area contributed by atoms with Gasteiger partial charge in [-0.3, -0.25) is 4.79 Å². The lowest BCUT2D eigenvalue weighted by Crippen LogP contribution is -2.29. The summed E-state index contributed by atoms with van der Waals surface area (Å²) in [5.74, 6) is 0.615. The fraction of sp³-hybridized carbons (Fsp3) is 0.471. The Morgan fingerprint density at radius 2 is 2.10 bits per heavy atom. The molecule has 1 saturated carbocycles. The highest BCUT2D eigenvalue weighted by atomic mass is 32.1. The number of amides is 1. The standard InChI is InChI=1S/C17H21NO2S/c19-15(10-18-17(20)9-12-5-1-2-6-12)14-11-21-16-8-4-3-7-13(14)16/h3-4,7-8,11-12,15,19H,1-2,5-6,9-10H2,(H,18,20). The minimum absolute atomic E-state index is 0.0699. The first-order chi connectivity index (χ1) is 10.2. The van der Waals surface area contributed by atoms with Gasteiger partial charge in [0.2, 0.25) is 5.91 Å². The van der Waals surface area contributed by atoms with Crippen LogP contribution in [0.4, 0.5) is 0 Å². The highest BCUT2D eigenvalue weighted by Gasteiger charge is 2.19. The molecular weight excluding hydrogens is 282 g/mol. The number of hydrogen-bond donors (Lipinski definition) is 2. The first-order valence-electron chi connectivity index (χ1n) is 7.65. The van der Waals surface area contributed by atoms with Gasteiger partial charge in [0, 0.05) is 23.2 Å². The van der Waals surface area contributed by atoms with Crippen molar-refractivity contribution in [2.24, 2.45) is 5.92 Å². The number of aliphatic hydroxyl groups excluding tert-OH is 1. The van der Waals surface area contributed by atoms with Crippen molar-refractivity contribution in [1.29, 1.82) is 0 Å². The number of thiophene rings is 1. The summed E-state index contributed by atoms with van der Waals surface area (Å²) in [4.78, 5) is 11.9. The summed E-state index contributed by atoms with van der Waals surface area (Å²) in [7, 11) is 0. The molecule has 0 aliphatic heterocycles. The average molecular weight is 303 g/mol. The number of benzene rings is 1. The average Bonchev–Trinajstić information content (AvgIpc) is 3.13. The molecule has 0 saturated heterocycles. The van der Waals surface area contributed by atoms with Crippen LogP contribution in [0.1, 0.15) is 43.8 Å². The molecule has 21 heavy (non-hydrogen) atoms. The Bertz CT molecular complexity index is 616. The van der Waals surface area contributed by atoms with Gasteiger partial charge in [0.1, 0.15) is 0 Å². The SMILES string of the molecule is O=C(CC1CCCC1)NCC(O)c1csc2ccccc12. The molecule has 1 aromatic heterocycles. The topological polar surface area (TPSA) is 49.3 Å². The van der Waals surface area contributed by atoms with Crippen molar-refractivity contribution < 1.29 is 9.90 Å². The summed E-state index contributed by atoms with van der Waals surface area (Å²) in [5.41, 5.74) is 0.914. The number of aliphatic hydroxyl groups is 1. The van der Waals surface area contributed by atoms with Crippen LogP contribution in [0.3, 0.4) is 0 Å². The van der Waals surface area contributed by atoms with Crippen molar-refractivity contribution in [1.82, 2.24) is 5.32 Å². The normalized spacial score (nSPS) is 17.2. The minimum Gasteiger partial charge on any atom is -0.387 e. The van der Waals surface area contributed by atoms with E-state index in [0.717, 1.165) is 10.9 Å². The molecule has 3 nitrogen and oxygen atoms in total. The van der Waals surface area contributed by atoms with Crippen molar-refractivity contribution in [2.45, 2.75) is 38.2 Å². The number of nitrogens with one attached hydrogen (secondary N) is 1. The molecule has 1 aliphatic rings. The molecule has 1 aromatic carbocycles. The molecule has 3 rings (SSSR count). The quantitative estimate of drug-likeness (QED) is 0.886. The van der Waals surface area contributed by atoms with Crippen molar-refractivity contribution in [2.75, 3.05) is 6.54 Å². The van der Waals surface area contributed by atoms with Crippen molar-refractivity contribution >= 4 is 27.3 Å². The van der Waals surface area contributed by atoms with Gasteiger partial charge >= 0.3 is 0 Å². The summed E-state index contributed by atoms with van der Waals surface area (Å²) in [6.07, 6.45) is 4.82. The Morgan fingerprint density at radius 1 is 1.33 bits per heavy atom. The first kappa shape index (κ1) is 14.5. The largest absolute Gasteiger partial charge is 0.387 e. The summed E-state index contributed by atoms with van der Waals surface area (Å²) in [5, 5.41) is 16.3. The van der Waals surface area contributed by atoms with Crippen LogP contribution in [0, 0.1) is 5.92 Å². The Labute approximate surface area is 129 Å². The predicted octanol–water partition coefficient (Wildman–Crippen LogP) is 3.63. The van der Waals surface area contributed by atoms with Crippen LogP contribution in [0.15, 0.2) is 29.6 Å². The third kappa shape index (κ3) is 3.44. The summed E-state index contributed by atoms with van der Waals surface area (Å²) < 4.78 is 1.17. The van der Waals surface area contributed by atoms with Gasteiger partial charge in [0.25, 0.3) is 0 Å². The summed E-state index contributed by atoms with van der Waals surface area (Å²) in [6.45, 7) is 0.298. The minimum atomic E-state index is -0.631. The van der Waals surface area contributed by atoms with Gasteiger partial charge in [-0.15, -0.1) is 11.3 Å². The van der Waals surface area contributed by atoms with Gasteiger partial charge in [-0.25, -0.2) is 0 Å². The van der Waals surface area contributed by atoms with Crippen LogP contribution >= 0.6 is 11.3 Å². The van der Waals surface area contributed by atoms with Crippen LogP contribution in [0.5, 0.6) is 0 Å². The molecule has 1 unspecified atom stereocenters. The highest BCUT2D eigenvalue weighted by molar-refractivity contribution is 7.17. The fourth-order valence-corrected chi connectivity index (χ4v) is 4.13. The zero-order chi connectivity index (χ0) is 14.7. The van der Waals surface area contributed by atoms with E-state index in [2.05, 4.69) is 11.4 Å². The van der Waals surface area contributed by atoms with Gasteiger partial charge in [-0.05, 0) is 35.6 Å². The van der Waals surface area contributed by atoms with E-state index in [9.17, 15) is 9.90 Å². The lowest BCUT2D eigenvalue weighted by atomic mass is 10.0. The smallest absolute Gasteiger partial charge is 0.220 e. The third-order valence-corrected chi connectivity index (χ3v) is 5.29. The Hall–Kier alpha value is -1.39. The van der Waals surface area contributed by atoms with E-state index in [0.29, 0.717) is 18.9 Å². The number of rotatable bonds is 5. The van der Waals surface area contributed by atoms with Gasteiger partial charge in [0.05, 0.1) is 6.10 Å². The van der Waals surface area contributed by atoms with Crippen LogP contribution in [0.25, 0.3) is 10.1 Å². The van der Waals surface area contributed by atoms with Crippen molar-refractivity contribution in [3.05, 3.63) is 35.2 Å². The zero-order valence-corrected chi connectivity index (χ0v) is 12.9. The number of carbonyl (C=O) groups is 1. The lowest BCUT2D eigenvalue weighted by molar-refractivity contribution is -0.122. The van der Waals surface area contributed by atoms with Crippen LogP contribution in [-0.2, 0) is 4.79 Å². The third-order valence-electron chi connectivity index (χ3n) is 4.31. The molecule has 2 aromatic rings. The molecule has 1 fully saturated rings. The molecule has 2 N–H and O–H groups in total. The maximum absolute atomic E-state index is 11.9. The second kappa shape index (κ2) is 6.58. The van der Waals surface area contributed by atoms with E-state index in [1.54, 1.807) is 11.3 Å². The molecule has 1 aliphatic carbocycles. The second-order valence-corrected chi connectivity index (χ2v) is 6.77. The lowest BCUT2D eigenvalue weighted by Gasteiger charge is -2.13. The van der Waals surface area contributed by atoms with Crippen molar-refractivity contribution in [3.8, 4) is 0 Å². The highest BCUT2D eigenvalue weighted by Crippen LogP contribution is 2.30. The molecule has 1 atom stereocenters. The Morgan fingerprint density at radius 3 is 2.90 bits per heavy atom. The van der Waals surface area contributed by atoms with E-state index in [1.165, 1.54) is 30.4 Å². The van der Waals surface area contributed by atoms with E-state index >= 15 is 0 Å². The van der Waals surface area contributed by atoms with E-state index in [4.69, 9.17) is 0 Å². The number of hydrogen-bond acceptors (Lipinski definition) is 3. The molecule has 0 spiro atoms. The van der Waals surface area contributed by atoms with Gasteiger partial charge in [-0.2, -0.15) is 0 Å².